The summed E-state index contributed by atoms with van der Waals surface area (Å²) in [5.74, 6) is -5.93. The van der Waals surface area contributed by atoms with E-state index >= 15 is 0 Å². The average molecular weight is 702 g/mol. The number of ether oxygens (including phenoxy) is 1. The second-order valence-electron chi connectivity index (χ2n) is 13.0. The normalized spacial score (nSPS) is 30.9. The molecule has 0 saturated heterocycles. The third kappa shape index (κ3) is 9.84. The summed E-state index contributed by atoms with van der Waals surface area (Å²) in [6, 6.07) is 1.27. The number of hydrogen-bond donors (Lipinski definition) is 5. The first-order valence-corrected chi connectivity index (χ1v) is 16.7. The van der Waals surface area contributed by atoms with Crippen molar-refractivity contribution in [3.63, 3.8) is 0 Å². The molecule has 0 radical (unpaired) electrons. The second kappa shape index (κ2) is 17.8. The van der Waals surface area contributed by atoms with E-state index in [1.54, 1.807) is 58.1 Å². The van der Waals surface area contributed by atoms with Crippen LogP contribution < -0.4 is 5.32 Å². The molecule has 272 valence electrons. The number of phenolic OH excluding ortho intramolecular Hbond substituents is 1. The van der Waals surface area contributed by atoms with Crippen molar-refractivity contribution in [2.45, 2.75) is 72.7 Å². The van der Waals surface area contributed by atoms with Crippen molar-refractivity contribution in [3.8, 4) is 5.75 Å². The summed E-state index contributed by atoms with van der Waals surface area (Å²) < 4.78 is 5.25. The summed E-state index contributed by atoms with van der Waals surface area (Å²) in [6.45, 7) is 9.70. The highest BCUT2D eigenvalue weighted by Gasteiger charge is 2.39. The monoisotopic (exact) mass is 701 g/mol. The van der Waals surface area contributed by atoms with Gasteiger partial charge in [-0.25, -0.2) is 0 Å². The first kappa shape index (κ1) is 40.5. The molecule has 4 rings (SSSR count). The van der Waals surface area contributed by atoms with Crippen LogP contribution in [0.4, 0.5) is 0 Å². The Morgan fingerprint density at radius 2 is 1.43 bits per heavy atom. The lowest BCUT2D eigenvalue weighted by Gasteiger charge is -2.24. The van der Waals surface area contributed by atoms with Crippen LogP contribution in [0.3, 0.4) is 0 Å². The van der Waals surface area contributed by atoms with Crippen molar-refractivity contribution in [3.05, 3.63) is 112 Å². The van der Waals surface area contributed by atoms with Gasteiger partial charge in [-0.3, -0.25) is 24.0 Å². The van der Waals surface area contributed by atoms with Gasteiger partial charge in [0.1, 0.15) is 11.4 Å². The number of methoxy groups -OCH3 is 1. The van der Waals surface area contributed by atoms with Crippen molar-refractivity contribution < 1.29 is 49.1 Å². The number of allylic oxidation sites excluding steroid dienone is 8. The number of amides is 1. The first-order chi connectivity index (χ1) is 24.0. The molecule has 1 amide bonds. The average Bonchev–Trinajstić information content (AvgIpc) is 3.09. The van der Waals surface area contributed by atoms with E-state index in [2.05, 4.69) is 5.32 Å². The molecule has 3 aliphatic rings. The highest BCUT2D eigenvalue weighted by molar-refractivity contribution is 6.31. The van der Waals surface area contributed by atoms with Gasteiger partial charge in [-0.05, 0) is 50.0 Å². The zero-order valence-corrected chi connectivity index (χ0v) is 30.0. The number of aryl methyl sites for hydroxylation is 1. The first-order valence-electron chi connectivity index (χ1n) is 16.7. The van der Waals surface area contributed by atoms with E-state index in [9.17, 15) is 44.4 Å². The van der Waals surface area contributed by atoms with Crippen molar-refractivity contribution in [1.82, 2.24) is 5.32 Å². The molecule has 5 N–H and O–H groups in total. The topological polar surface area (TPSA) is 188 Å². The maximum absolute atomic E-state index is 13.9. The van der Waals surface area contributed by atoms with E-state index in [-0.39, 0.29) is 46.8 Å². The van der Waals surface area contributed by atoms with Crippen LogP contribution in [0.15, 0.2) is 89.4 Å². The lowest BCUT2D eigenvalue weighted by molar-refractivity contribution is -0.118. The van der Waals surface area contributed by atoms with Gasteiger partial charge < -0.3 is 30.5 Å². The second-order valence-corrected chi connectivity index (χ2v) is 13.0. The smallest absolute Gasteiger partial charge is 0.248 e. The minimum Gasteiger partial charge on any atom is -0.507 e. The number of benzene rings is 1. The fourth-order valence-corrected chi connectivity index (χ4v) is 5.71. The van der Waals surface area contributed by atoms with Crippen LogP contribution in [0.2, 0.25) is 0 Å². The van der Waals surface area contributed by atoms with E-state index in [1.807, 2.05) is 0 Å². The van der Waals surface area contributed by atoms with Gasteiger partial charge in [-0.1, -0.05) is 75.5 Å². The molecule has 6 atom stereocenters. The van der Waals surface area contributed by atoms with Gasteiger partial charge in [-0.15, -0.1) is 0 Å². The number of rotatable bonds is 1. The summed E-state index contributed by atoms with van der Waals surface area (Å²) in [4.78, 5) is 66.8. The molecule has 0 unspecified atom stereocenters. The maximum Gasteiger partial charge on any atom is 0.248 e. The fourth-order valence-electron chi connectivity index (χ4n) is 5.71. The Balaban J connectivity index is 2.08. The molecule has 1 aromatic rings. The van der Waals surface area contributed by atoms with E-state index in [0.29, 0.717) is 5.57 Å². The van der Waals surface area contributed by atoms with Gasteiger partial charge >= 0.3 is 0 Å². The number of phenols is 1. The molecule has 1 aliphatic carbocycles. The van der Waals surface area contributed by atoms with Crippen molar-refractivity contribution in [2.75, 3.05) is 7.11 Å². The molecule has 1 aromatic carbocycles. The Hall–Kier alpha value is -4.97. The third-order valence-electron chi connectivity index (χ3n) is 8.99. The number of carbonyl (C=O) groups is 5. The number of ketones is 4. The van der Waals surface area contributed by atoms with Crippen LogP contribution in [0, 0.1) is 24.7 Å². The van der Waals surface area contributed by atoms with Crippen molar-refractivity contribution in [2.24, 2.45) is 17.8 Å². The molecular weight excluding hydrogens is 654 g/mol. The number of hydrogen-bond acceptors (Lipinski definition) is 10. The lowest BCUT2D eigenvalue weighted by Crippen LogP contribution is -2.35. The molecule has 0 fully saturated rings. The minimum absolute atomic E-state index is 0.0879. The van der Waals surface area contributed by atoms with Crippen LogP contribution >= 0.6 is 0 Å². The Bertz CT molecular complexity index is 1790. The van der Waals surface area contributed by atoms with Crippen LogP contribution in [-0.2, 0) is 14.3 Å². The molecule has 2 heterocycles. The molecule has 11 heteroatoms. The quantitative estimate of drug-likeness (QED) is 0.257. The minimum atomic E-state index is -1.01. The third-order valence-corrected chi connectivity index (χ3v) is 8.99. The number of aliphatic hydroxyl groups is 3. The van der Waals surface area contributed by atoms with Gasteiger partial charge in [0.05, 0.1) is 36.5 Å². The number of Topliss-reactive ketones (excluding diaryl/α,β-unsaturated/α-hetero) is 4. The summed E-state index contributed by atoms with van der Waals surface area (Å²) in [7, 11) is 1.14. The maximum atomic E-state index is 13.9. The summed E-state index contributed by atoms with van der Waals surface area (Å²) in [5.41, 5.74) is -0.768. The Labute approximate surface area is 298 Å². The number of fused-ring (bicyclic) bond motifs is 18. The standard InChI is InChI=1S/C40H47NO10/c1-21-12-10-8-9-11-13-31(45)41-34-38(49)28-19-26(6)37(48)33(32(28)39(50)40(34)51-7)36(47)25(5)18-24(4)35(46)23(3)15-17-27(42)16-14-22(2)30(44)20-29(21)43/h8-15,17-19,21,23-24,27,29,35,42-43,46,48H,16,20H2,1-7H3,(H,41,45)/b9-8-,12-10-,13-11-,17-15-,22-14-,25-18-/t21-,23+,24+,27-,29+,35+/m1/s1. The van der Waals surface area contributed by atoms with Crippen LogP contribution in [0.1, 0.15) is 84.1 Å². The predicted molar refractivity (Wildman–Crippen MR) is 192 cm³/mol. The molecule has 2 aliphatic heterocycles. The highest BCUT2D eigenvalue weighted by Crippen LogP contribution is 2.37. The van der Waals surface area contributed by atoms with E-state index < -0.39 is 76.2 Å². The number of carbonyl (C=O) groups excluding carboxylic acids is 5. The molecule has 4 bridgehead atoms. The summed E-state index contributed by atoms with van der Waals surface area (Å²) in [5, 5.41) is 45.6. The fraction of sp³-hybridized carbons (Fsp3) is 0.375. The van der Waals surface area contributed by atoms with Gasteiger partial charge in [0.15, 0.2) is 17.3 Å². The van der Waals surface area contributed by atoms with Gasteiger partial charge in [0.25, 0.3) is 0 Å². The lowest BCUT2D eigenvalue weighted by atomic mass is 9.82. The molecular formula is C40H47NO10. The highest BCUT2D eigenvalue weighted by atomic mass is 16.5. The van der Waals surface area contributed by atoms with Gasteiger partial charge in [-0.2, -0.15) is 0 Å². The zero-order valence-electron chi connectivity index (χ0n) is 30.0. The van der Waals surface area contributed by atoms with Crippen molar-refractivity contribution in [1.29, 1.82) is 0 Å². The van der Waals surface area contributed by atoms with Crippen LogP contribution in [-0.4, -0.2) is 74.9 Å². The van der Waals surface area contributed by atoms with E-state index in [4.69, 9.17) is 4.74 Å². The number of aromatic hydroxyl groups is 1. The molecule has 0 spiro atoms. The molecule has 11 nitrogen and oxygen atoms in total. The molecule has 51 heavy (non-hydrogen) atoms. The number of nitrogens with one attached hydrogen (secondary N) is 1. The van der Waals surface area contributed by atoms with Gasteiger partial charge in [0.2, 0.25) is 17.5 Å². The van der Waals surface area contributed by atoms with Crippen LogP contribution in [0.5, 0.6) is 5.75 Å². The van der Waals surface area contributed by atoms with Crippen molar-refractivity contribution >= 4 is 29.0 Å². The Morgan fingerprint density at radius 1 is 0.765 bits per heavy atom. The molecule has 0 saturated carbocycles. The predicted octanol–water partition coefficient (Wildman–Crippen LogP) is 4.71. The summed E-state index contributed by atoms with van der Waals surface area (Å²) >= 11 is 0. The largest absolute Gasteiger partial charge is 0.507 e. The summed E-state index contributed by atoms with van der Waals surface area (Å²) in [6.07, 6.45) is 12.3. The number of aliphatic hydroxyl groups excluding tert-OH is 3. The SMILES string of the molecule is COC1=C2NC(=O)\C=C/C=C\C=C/[C@@H](C)[C@@H](O)CC(=O)/C(C)=C\C[C@@H](O)/C=C\[C@H](C)[C@H](O)[C@@H](C)/C=C(/C)C(=O)c3c(O)c(C)cc(c3C1=O)C2=O. The molecule has 0 aromatic heterocycles. The Kier molecular flexibility index (Phi) is 14.1. The van der Waals surface area contributed by atoms with E-state index in [1.165, 1.54) is 44.2 Å². The Morgan fingerprint density at radius 3 is 2.10 bits per heavy atom. The van der Waals surface area contributed by atoms with Gasteiger partial charge in [0, 0.05) is 35.8 Å². The zero-order chi connectivity index (χ0) is 38.2. The van der Waals surface area contributed by atoms with E-state index in [0.717, 1.165) is 13.2 Å². The van der Waals surface area contributed by atoms with Crippen LogP contribution in [0.25, 0.3) is 0 Å².